The number of rotatable bonds is 1. The van der Waals surface area contributed by atoms with Gasteiger partial charge >= 0.3 is 0 Å². The molecule has 2 aliphatic carbocycles. The highest BCUT2D eigenvalue weighted by atomic mass is 32.2. The van der Waals surface area contributed by atoms with Crippen molar-refractivity contribution < 1.29 is 9.53 Å². The number of benzene rings is 1. The van der Waals surface area contributed by atoms with Crippen molar-refractivity contribution >= 4 is 23.2 Å². The number of nitrogens with one attached hydrogen (secondary N) is 1. The summed E-state index contributed by atoms with van der Waals surface area (Å²) in [4.78, 5) is 10.2. The largest absolute Gasteiger partial charge is 0.496 e. The smallest absolute Gasteiger partial charge is 0.299 e. The Morgan fingerprint density at radius 1 is 1.53 bits per heavy atom. The van der Waals surface area contributed by atoms with Crippen LogP contribution in [-0.4, -0.2) is 24.3 Å². The summed E-state index contributed by atoms with van der Waals surface area (Å²) in [6.45, 7) is 0. The Bertz CT molecular complexity index is 499. The van der Waals surface area contributed by atoms with Gasteiger partial charge < -0.3 is 4.74 Å². The van der Waals surface area contributed by atoms with E-state index in [1.807, 2.05) is 6.07 Å². The van der Waals surface area contributed by atoms with Gasteiger partial charge in [0.15, 0.2) is 0 Å². The van der Waals surface area contributed by atoms with Gasteiger partial charge in [-0.3, -0.25) is 4.79 Å². The highest BCUT2D eigenvalue weighted by Gasteiger charge is 2.03. The van der Waals surface area contributed by atoms with E-state index in [9.17, 15) is 4.79 Å². The van der Waals surface area contributed by atoms with Crippen LogP contribution in [0.4, 0.5) is 4.79 Å². The van der Waals surface area contributed by atoms with Gasteiger partial charge in [0.1, 0.15) is 5.75 Å². The van der Waals surface area contributed by atoms with Gasteiger partial charge in [-0.15, -0.1) is 0 Å². The molecule has 0 spiro atoms. The Morgan fingerprint density at radius 2 is 2.40 bits per heavy atom. The maximum Gasteiger partial charge on any atom is 0.299 e. The molecule has 0 aromatic rings. The Morgan fingerprint density at radius 3 is 2.60 bits per heavy atom. The summed E-state index contributed by atoms with van der Waals surface area (Å²) < 4.78 is 4.97. The summed E-state index contributed by atoms with van der Waals surface area (Å²) in [5.41, 5.74) is 2.28. The lowest BCUT2D eigenvalue weighted by molar-refractivity contribution is 0.261. The molecule has 15 heavy (non-hydrogen) atoms. The summed E-state index contributed by atoms with van der Waals surface area (Å²) in [5, 5.41) is 6.07. The topological polar surface area (TPSA) is 50.7 Å². The molecule has 3 rings (SSSR count). The minimum atomic E-state index is -0.0671. The predicted molar refractivity (Wildman–Crippen MR) is 60.1 cm³/mol. The molecule has 0 radical (unpaired) electrons. The molecule has 1 aliphatic heterocycles. The van der Waals surface area contributed by atoms with Crippen molar-refractivity contribution in [3.63, 3.8) is 0 Å². The molecule has 0 saturated carbocycles. The van der Waals surface area contributed by atoms with Crippen LogP contribution in [0.3, 0.4) is 0 Å². The normalized spacial score (nSPS) is 14.9. The second kappa shape index (κ2) is 4.35. The average Bonchev–Trinajstić information content (AvgIpc) is 2.24. The Kier molecular flexibility index (Phi) is 2.91. The van der Waals surface area contributed by atoms with Crippen LogP contribution in [-0.2, 0) is 0 Å². The first-order valence-corrected chi connectivity index (χ1v) is 5.42. The number of nitrogens with zero attached hydrogens (tertiary/aromatic N) is 1. The van der Waals surface area contributed by atoms with Gasteiger partial charge in [-0.1, -0.05) is 23.9 Å². The second-order valence-electron chi connectivity index (χ2n) is 2.94. The van der Waals surface area contributed by atoms with Crippen molar-refractivity contribution in [3.05, 3.63) is 28.6 Å². The first kappa shape index (κ1) is 10.0. The van der Waals surface area contributed by atoms with Crippen molar-refractivity contribution in [2.75, 3.05) is 12.9 Å². The molecule has 1 amide bonds. The van der Waals surface area contributed by atoms with Crippen LogP contribution in [0.5, 0.6) is 5.75 Å². The van der Waals surface area contributed by atoms with Gasteiger partial charge in [0, 0.05) is 17.2 Å². The summed E-state index contributed by atoms with van der Waals surface area (Å²) in [5.74, 6) is 1.73. The summed E-state index contributed by atoms with van der Waals surface area (Å²) in [6.07, 6.45) is 1.66. The number of amides is 1. The molecule has 0 atom stereocenters. The third kappa shape index (κ3) is 2.12. The molecule has 0 bridgehead atoms. The maximum atomic E-state index is 10.2. The van der Waals surface area contributed by atoms with Crippen molar-refractivity contribution in [3.8, 4) is 5.75 Å². The third-order valence-corrected chi connectivity index (χ3v) is 2.72. The first-order chi connectivity index (χ1) is 7.31. The minimum Gasteiger partial charge on any atom is -0.496 e. The lowest BCUT2D eigenvalue weighted by Gasteiger charge is -2.08. The number of ether oxygens (including phenoxy) is 1. The Hall–Kier alpha value is -1.49. The van der Waals surface area contributed by atoms with Crippen LogP contribution in [0.25, 0.3) is 0 Å². The lowest BCUT2D eigenvalue weighted by Crippen LogP contribution is -2.16. The van der Waals surface area contributed by atoms with Crippen LogP contribution < -0.4 is 10.2 Å². The summed E-state index contributed by atoms with van der Waals surface area (Å²) in [7, 11) is 1.70. The zero-order valence-electron chi connectivity index (χ0n) is 8.19. The van der Waals surface area contributed by atoms with Crippen molar-refractivity contribution in [1.29, 1.82) is 0 Å². The molecule has 0 saturated heterocycles. The van der Waals surface area contributed by atoms with E-state index in [1.165, 1.54) is 22.2 Å². The van der Waals surface area contributed by atoms with E-state index in [0.29, 0.717) is 5.75 Å². The summed E-state index contributed by atoms with van der Waals surface area (Å²) in [6, 6.07) is 6.18. The Labute approximate surface area is 91.0 Å². The van der Waals surface area contributed by atoms with Crippen molar-refractivity contribution in [1.82, 2.24) is 5.43 Å². The van der Waals surface area contributed by atoms with E-state index in [0.717, 1.165) is 5.75 Å². The quantitative estimate of drug-likeness (QED) is 0.799. The first-order valence-electron chi connectivity index (χ1n) is 4.44. The number of hydrogen-bond acceptors (Lipinski definition) is 4. The van der Waals surface area contributed by atoms with E-state index >= 15 is 0 Å². The molecule has 0 aromatic heterocycles. The molecule has 5 heteroatoms. The van der Waals surface area contributed by atoms with Gasteiger partial charge in [0.05, 0.1) is 7.11 Å². The minimum absolute atomic E-state index is 0.0671. The molecule has 0 aromatic carbocycles. The standard InChI is InChI=1S/C7H6O.C3H4N2OS/c1-8-7-4-5-2-3-6(5)7;6-3-5-4-1-2-7-3/h2-4H,1H3;1H,2H2,(H,5,6). The van der Waals surface area contributed by atoms with E-state index in [-0.39, 0.29) is 5.24 Å². The number of thioether (sulfide) groups is 1. The number of methoxy groups -OCH3 is 1. The van der Waals surface area contributed by atoms with E-state index in [2.05, 4.69) is 22.7 Å². The zero-order chi connectivity index (χ0) is 10.7. The Balaban J connectivity index is 0.000000115. The van der Waals surface area contributed by atoms with Gasteiger partial charge in [0.2, 0.25) is 0 Å². The second-order valence-corrected chi connectivity index (χ2v) is 3.93. The fourth-order valence-corrected chi connectivity index (χ4v) is 1.62. The SMILES string of the molecule is COc1cc2ccc1=2.O=C1NN=CCS1. The zero-order valence-corrected chi connectivity index (χ0v) is 9.00. The van der Waals surface area contributed by atoms with Gasteiger partial charge in [0.25, 0.3) is 5.24 Å². The number of carbonyl (C=O) groups excluding carboxylic acids is 1. The number of hydrazone groups is 1. The van der Waals surface area contributed by atoms with Crippen molar-refractivity contribution in [2.24, 2.45) is 5.10 Å². The van der Waals surface area contributed by atoms with Crippen LogP contribution in [0.15, 0.2) is 23.3 Å². The monoisotopic (exact) mass is 222 g/mol. The molecule has 78 valence electrons. The average molecular weight is 222 g/mol. The van der Waals surface area contributed by atoms with Crippen molar-refractivity contribution in [2.45, 2.75) is 0 Å². The molecular formula is C10H10N2O2S. The van der Waals surface area contributed by atoms with Gasteiger partial charge in [-0.2, -0.15) is 5.10 Å². The molecular weight excluding hydrogens is 212 g/mol. The van der Waals surface area contributed by atoms with Gasteiger partial charge in [-0.25, -0.2) is 5.43 Å². The van der Waals surface area contributed by atoms with Crippen LogP contribution >= 0.6 is 11.8 Å². The molecule has 1 heterocycles. The fourth-order valence-electron chi connectivity index (χ4n) is 1.20. The van der Waals surface area contributed by atoms with Crippen LogP contribution in [0, 0.1) is 10.4 Å². The molecule has 1 N–H and O–H groups in total. The van der Waals surface area contributed by atoms with Crippen LogP contribution in [0.1, 0.15) is 0 Å². The lowest BCUT2D eigenvalue weighted by atomic mass is 10.1. The number of hydrogen-bond donors (Lipinski definition) is 1. The molecule has 3 aliphatic rings. The van der Waals surface area contributed by atoms with Gasteiger partial charge in [-0.05, 0) is 11.3 Å². The molecule has 0 fully saturated rings. The molecule has 4 nitrogen and oxygen atoms in total. The van der Waals surface area contributed by atoms with Crippen LogP contribution in [0.2, 0.25) is 0 Å². The van der Waals surface area contributed by atoms with E-state index < -0.39 is 0 Å². The highest BCUT2D eigenvalue weighted by Crippen LogP contribution is 2.22. The fraction of sp³-hybridized carbons (Fsp3) is 0.200. The number of carbonyl (C=O) groups is 1. The van der Waals surface area contributed by atoms with E-state index in [1.54, 1.807) is 13.3 Å². The maximum absolute atomic E-state index is 10.2. The molecule has 0 unspecified atom stereocenters. The summed E-state index contributed by atoms with van der Waals surface area (Å²) >= 11 is 1.22. The highest BCUT2D eigenvalue weighted by molar-refractivity contribution is 8.14. The predicted octanol–water partition coefficient (Wildman–Crippen LogP) is 1.72. The third-order valence-electron chi connectivity index (χ3n) is 2.05. The van der Waals surface area contributed by atoms with E-state index in [4.69, 9.17) is 4.74 Å².